The normalized spacial score (nSPS) is 35.1. The van der Waals surface area contributed by atoms with Gasteiger partial charge in [-0.25, -0.2) is 0 Å². The van der Waals surface area contributed by atoms with Gasteiger partial charge in [0.1, 0.15) is 0 Å². The first-order valence-electron chi connectivity index (χ1n) is 5.97. The van der Waals surface area contributed by atoms with E-state index in [1.807, 2.05) is 0 Å². The van der Waals surface area contributed by atoms with Crippen molar-refractivity contribution in [2.45, 2.75) is 64.6 Å². The molecule has 2 fully saturated rings. The molecule has 0 bridgehead atoms. The molecule has 2 aliphatic rings. The lowest BCUT2D eigenvalue weighted by Crippen LogP contribution is -2.35. The topological polar surface area (TPSA) is 29.3 Å². The van der Waals surface area contributed by atoms with Crippen LogP contribution in [0.5, 0.6) is 0 Å². The number of nitrogens with two attached hydrogens (primary N) is 1. The smallest absolute Gasteiger partial charge is 0.0183 e. The van der Waals surface area contributed by atoms with Crippen molar-refractivity contribution in [2.75, 3.05) is 6.54 Å². The maximum absolute atomic E-state index is 6.06. The van der Waals surface area contributed by atoms with Crippen LogP contribution in [0.3, 0.4) is 0 Å². The highest BCUT2D eigenvalue weighted by Gasteiger charge is 2.40. The second-order valence-electron chi connectivity index (χ2n) is 6.34. The van der Waals surface area contributed by atoms with Crippen molar-refractivity contribution in [1.29, 1.82) is 0 Å². The van der Waals surface area contributed by atoms with Crippen molar-refractivity contribution in [3.05, 3.63) is 0 Å². The van der Waals surface area contributed by atoms with Crippen LogP contribution < -0.4 is 5.73 Å². The van der Waals surface area contributed by atoms with E-state index in [0.717, 1.165) is 18.6 Å². The molecule has 0 aromatic rings. The summed E-state index contributed by atoms with van der Waals surface area (Å²) in [6.45, 7) is 8.15. The van der Waals surface area contributed by atoms with Crippen molar-refractivity contribution in [3.8, 4) is 0 Å². The highest BCUT2D eigenvalue weighted by atomic mass is 15.2. The van der Waals surface area contributed by atoms with Crippen LogP contribution in [0.15, 0.2) is 0 Å². The minimum Gasteiger partial charge on any atom is -0.326 e. The Bertz CT molecular complexity index is 203. The SMILES string of the molecule is CC(C)(C)CC1CC(N)CN1C1CC1. The van der Waals surface area contributed by atoms with E-state index in [2.05, 4.69) is 25.7 Å². The van der Waals surface area contributed by atoms with E-state index in [1.165, 1.54) is 25.7 Å². The van der Waals surface area contributed by atoms with Crippen molar-refractivity contribution in [3.63, 3.8) is 0 Å². The fraction of sp³-hybridized carbons (Fsp3) is 1.00. The number of nitrogens with zero attached hydrogens (tertiary/aromatic N) is 1. The molecule has 1 aliphatic heterocycles. The van der Waals surface area contributed by atoms with Gasteiger partial charge in [-0.15, -0.1) is 0 Å². The van der Waals surface area contributed by atoms with Gasteiger partial charge >= 0.3 is 0 Å². The van der Waals surface area contributed by atoms with Crippen LogP contribution in [-0.4, -0.2) is 29.6 Å². The Morgan fingerprint density at radius 3 is 2.43 bits per heavy atom. The highest BCUT2D eigenvalue weighted by molar-refractivity contribution is 4.97. The van der Waals surface area contributed by atoms with Crippen LogP contribution in [0.25, 0.3) is 0 Å². The molecule has 2 nitrogen and oxygen atoms in total. The molecule has 82 valence electrons. The maximum Gasteiger partial charge on any atom is 0.0183 e. The molecule has 1 saturated carbocycles. The molecule has 1 saturated heterocycles. The van der Waals surface area contributed by atoms with E-state index < -0.39 is 0 Å². The fourth-order valence-electron chi connectivity index (χ4n) is 2.74. The summed E-state index contributed by atoms with van der Waals surface area (Å²) in [5.41, 5.74) is 6.50. The molecule has 0 aromatic heterocycles. The number of hydrogen-bond donors (Lipinski definition) is 1. The van der Waals surface area contributed by atoms with E-state index in [4.69, 9.17) is 5.73 Å². The zero-order valence-electron chi connectivity index (χ0n) is 9.79. The summed E-state index contributed by atoms with van der Waals surface area (Å²) in [5.74, 6) is 0. The first-order valence-corrected chi connectivity index (χ1v) is 5.97. The second-order valence-corrected chi connectivity index (χ2v) is 6.34. The standard InChI is InChI=1S/C12H24N2/c1-12(2,3)7-11-6-9(13)8-14(11)10-4-5-10/h9-11H,4-8,13H2,1-3H3. The molecular weight excluding hydrogens is 172 g/mol. The Kier molecular flexibility index (Phi) is 2.61. The number of hydrogen-bond acceptors (Lipinski definition) is 2. The van der Waals surface area contributed by atoms with Gasteiger partial charge in [0, 0.05) is 24.7 Å². The predicted molar refractivity (Wildman–Crippen MR) is 60.2 cm³/mol. The molecule has 1 aliphatic carbocycles. The quantitative estimate of drug-likeness (QED) is 0.732. The fourth-order valence-corrected chi connectivity index (χ4v) is 2.74. The summed E-state index contributed by atoms with van der Waals surface area (Å²) in [5, 5.41) is 0. The van der Waals surface area contributed by atoms with Gasteiger partial charge in [-0.05, 0) is 31.1 Å². The van der Waals surface area contributed by atoms with E-state index in [1.54, 1.807) is 0 Å². The van der Waals surface area contributed by atoms with E-state index in [-0.39, 0.29) is 0 Å². The summed E-state index contributed by atoms with van der Waals surface area (Å²) in [6, 6.07) is 2.08. The summed E-state index contributed by atoms with van der Waals surface area (Å²) in [7, 11) is 0. The molecule has 2 unspecified atom stereocenters. The summed E-state index contributed by atoms with van der Waals surface area (Å²) < 4.78 is 0. The van der Waals surface area contributed by atoms with Gasteiger partial charge in [-0.1, -0.05) is 20.8 Å². The molecule has 0 aromatic carbocycles. The molecule has 2 heteroatoms. The third-order valence-electron chi connectivity index (χ3n) is 3.35. The van der Waals surface area contributed by atoms with E-state index in [0.29, 0.717) is 11.5 Å². The van der Waals surface area contributed by atoms with Crippen LogP contribution in [-0.2, 0) is 0 Å². The molecule has 1 heterocycles. The van der Waals surface area contributed by atoms with Gasteiger partial charge in [0.2, 0.25) is 0 Å². The maximum atomic E-state index is 6.06. The average Bonchev–Trinajstić information content (AvgIpc) is 2.75. The summed E-state index contributed by atoms with van der Waals surface area (Å²) in [6.07, 6.45) is 5.34. The van der Waals surface area contributed by atoms with Crippen molar-refractivity contribution >= 4 is 0 Å². The Hall–Kier alpha value is -0.0800. The number of likely N-dealkylation sites (tertiary alicyclic amines) is 1. The van der Waals surface area contributed by atoms with E-state index in [9.17, 15) is 0 Å². The molecular formula is C12H24N2. The van der Waals surface area contributed by atoms with Crippen LogP contribution >= 0.6 is 0 Å². The largest absolute Gasteiger partial charge is 0.326 e. The van der Waals surface area contributed by atoms with Crippen molar-refractivity contribution < 1.29 is 0 Å². The lowest BCUT2D eigenvalue weighted by atomic mass is 9.87. The molecule has 0 radical (unpaired) electrons. The van der Waals surface area contributed by atoms with Crippen LogP contribution in [0.4, 0.5) is 0 Å². The van der Waals surface area contributed by atoms with Crippen LogP contribution in [0, 0.1) is 5.41 Å². The molecule has 0 spiro atoms. The van der Waals surface area contributed by atoms with Crippen LogP contribution in [0.1, 0.15) is 46.5 Å². The van der Waals surface area contributed by atoms with Gasteiger partial charge in [0.05, 0.1) is 0 Å². The summed E-state index contributed by atoms with van der Waals surface area (Å²) in [4.78, 5) is 2.68. The first-order chi connectivity index (χ1) is 6.46. The van der Waals surface area contributed by atoms with Gasteiger partial charge in [0.15, 0.2) is 0 Å². The lowest BCUT2D eigenvalue weighted by Gasteiger charge is -2.30. The van der Waals surface area contributed by atoms with Gasteiger partial charge < -0.3 is 5.73 Å². The Labute approximate surface area is 87.8 Å². The third kappa shape index (κ3) is 2.48. The highest BCUT2D eigenvalue weighted by Crippen LogP contribution is 2.37. The molecule has 2 rings (SSSR count). The zero-order valence-corrected chi connectivity index (χ0v) is 9.79. The molecule has 2 atom stereocenters. The first kappa shape index (κ1) is 10.4. The molecule has 0 amide bonds. The van der Waals surface area contributed by atoms with Gasteiger partial charge in [0.25, 0.3) is 0 Å². The Morgan fingerprint density at radius 2 is 1.93 bits per heavy atom. The Morgan fingerprint density at radius 1 is 1.29 bits per heavy atom. The lowest BCUT2D eigenvalue weighted by molar-refractivity contribution is 0.184. The minimum atomic E-state index is 0.433. The molecule has 14 heavy (non-hydrogen) atoms. The minimum absolute atomic E-state index is 0.433. The predicted octanol–water partition coefficient (Wildman–Crippen LogP) is 1.99. The van der Waals surface area contributed by atoms with Crippen LogP contribution in [0.2, 0.25) is 0 Å². The second kappa shape index (κ2) is 3.49. The third-order valence-corrected chi connectivity index (χ3v) is 3.35. The van der Waals surface area contributed by atoms with E-state index >= 15 is 0 Å². The van der Waals surface area contributed by atoms with Gasteiger partial charge in [-0.3, -0.25) is 4.90 Å². The van der Waals surface area contributed by atoms with Crippen molar-refractivity contribution in [1.82, 2.24) is 4.90 Å². The Balaban J connectivity index is 1.94. The summed E-state index contributed by atoms with van der Waals surface area (Å²) >= 11 is 0. The molecule has 2 N–H and O–H groups in total. The van der Waals surface area contributed by atoms with Gasteiger partial charge in [-0.2, -0.15) is 0 Å². The number of rotatable bonds is 2. The van der Waals surface area contributed by atoms with Crippen molar-refractivity contribution in [2.24, 2.45) is 11.1 Å². The zero-order chi connectivity index (χ0) is 10.3. The monoisotopic (exact) mass is 196 g/mol. The average molecular weight is 196 g/mol.